The fraction of sp³-hybridized carbons (Fsp3) is 0.711. The van der Waals surface area contributed by atoms with E-state index in [0.717, 1.165) is 31.4 Å². The second-order valence-electron chi connectivity index (χ2n) is 13.1. The van der Waals surface area contributed by atoms with Gasteiger partial charge in [0.1, 0.15) is 25.2 Å². The summed E-state index contributed by atoms with van der Waals surface area (Å²) >= 11 is 1.57. The molecular formula is C38H61N4O8S+. The Bertz CT molecular complexity index is 1290. The van der Waals surface area contributed by atoms with Crippen LogP contribution in [0.5, 0.6) is 11.8 Å². The molecule has 12 nitrogen and oxygen atoms in total. The van der Waals surface area contributed by atoms with E-state index >= 15 is 0 Å². The Balaban J connectivity index is 1.35. The number of nitrogens with two attached hydrogens (primary N) is 1. The lowest BCUT2D eigenvalue weighted by Crippen LogP contribution is -2.42. The summed E-state index contributed by atoms with van der Waals surface area (Å²) in [6.07, 6.45) is 23.9. The van der Waals surface area contributed by atoms with Gasteiger partial charge < -0.3 is 28.0 Å². The number of nitrogens with zero attached hydrogens (tertiary/aromatic N) is 3. The van der Waals surface area contributed by atoms with Crippen molar-refractivity contribution in [3.05, 3.63) is 41.2 Å². The minimum absolute atomic E-state index is 0.00676. The van der Waals surface area contributed by atoms with Crippen molar-refractivity contribution in [3.63, 3.8) is 0 Å². The predicted octanol–water partition coefficient (Wildman–Crippen LogP) is 8.30. The van der Waals surface area contributed by atoms with Crippen LogP contribution in [0.15, 0.2) is 44.5 Å². The van der Waals surface area contributed by atoms with Crippen LogP contribution in [-0.4, -0.2) is 48.2 Å². The fourth-order valence-corrected chi connectivity index (χ4v) is 6.49. The molecule has 3 aromatic rings. The molecule has 0 aliphatic heterocycles. The third-order valence-electron chi connectivity index (χ3n) is 8.82. The number of aromatic nitrogens is 3. The average Bonchev–Trinajstić information content (AvgIpc) is 3.94. The number of carbonyl (C=O) groups is 2. The highest BCUT2D eigenvalue weighted by Gasteiger charge is 2.30. The normalized spacial score (nSPS) is 13.1. The van der Waals surface area contributed by atoms with E-state index in [9.17, 15) is 9.59 Å². The van der Waals surface area contributed by atoms with Crippen molar-refractivity contribution in [2.75, 3.05) is 19.8 Å². The lowest BCUT2D eigenvalue weighted by Gasteiger charge is -2.19. The molecule has 0 aliphatic rings. The molecule has 2 N–H and O–H groups in total. The van der Waals surface area contributed by atoms with Crippen molar-refractivity contribution in [1.82, 2.24) is 10.3 Å². The predicted molar refractivity (Wildman–Crippen MR) is 194 cm³/mol. The minimum Gasteiger partial charge on any atom is -0.471 e. The summed E-state index contributed by atoms with van der Waals surface area (Å²) in [5, 5.41) is 9.79. The van der Waals surface area contributed by atoms with Crippen molar-refractivity contribution < 1.29 is 42.1 Å². The summed E-state index contributed by atoms with van der Waals surface area (Å²) < 4.78 is 34.8. The van der Waals surface area contributed by atoms with Crippen LogP contribution in [0.4, 0.5) is 0 Å². The van der Waals surface area contributed by atoms with Crippen molar-refractivity contribution in [1.29, 1.82) is 0 Å². The SMILES string of the molecule is CCCCCCCCCCCCCCCCc1cc(OCC(COC(=O)C(CCCCC(N)[n+]2ccsc2)C(=O)OCC)Oc2ccon2)no1. The fourth-order valence-electron chi connectivity index (χ4n) is 5.84. The molecule has 0 aromatic carbocycles. The van der Waals surface area contributed by atoms with Crippen LogP contribution in [-0.2, 0) is 25.5 Å². The Hall–Kier alpha value is -3.45. The van der Waals surface area contributed by atoms with Crippen molar-refractivity contribution in [2.45, 2.75) is 148 Å². The molecule has 51 heavy (non-hydrogen) atoms. The highest BCUT2D eigenvalue weighted by Crippen LogP contribution is 2.19. The number of aryl methyl sites for hydroxylation is 1. The van der Waals surface area contributed by atoms with Crippen LogP contribution in [0.3, 0.4) is 0 Å². The molecule has 3 unspecified atom stereocenters. The molecule has 0 fully saturated rings. The molecule has 3 heterocycles. The van der Waals surface area contributed by atoms with Gasteiger partial charge in [-0.1, -0.05) is 108 Å². The number of rotatable bonds is 31. The Morgan fingerprint density at radius 2 is 1.49 bits per heavy atom. The molecule has 0 spiro atoms. The second kappa shape index (κ2) is 26.3. The summed E-state index contributed by atoms with van der Waals surface area (Å²) in [5.74, 6) is -1.07. The minimum atomic E-state index is -1.06. The second-order valence-corrected chi connectivity index (χ2v) is 13.9. The first-order chi connectivity index (χ1) is 25.0. The first kappa shape index (κ1) is 42.0. The summed E-state index contributed by atoms with van der Waals surface area (Å²) in [5.41, 5.74) is 8.19. The monoisotopic (exact) mass is 733 g/mol. The molecule has 0 aliphatic carbocycles. The molecule has 286 valence electrons. The first-order valence-corrected chi connectivity index (χ1v) is 20.1. The lowest BCUT2D eigenvalue weighted by atomic mass is 10.0. The summed E-state index contributed by atoms with van der Waals surface area (Å²) in [7, 11) is 0. The van der Waals surface area contributed by atoms with Gasteiger partial charge in [0.2, 0.25) is 11.7 Å². The van der Waals surface area contributed by atoms with E-state index in [1.807, 2.05) is 21.7 Å². The maximum atomic E-state index is 13.1. The number of hydrogen-bond donors (Lipinski definition) is 1. The van der Waals surface area contributed by atoms with Crippen molar-refractivity contribution >= 4 is 23.3 Å². The molecule has 0 bridgehead atoms. The number of carbonyl (C=O) groups excluding carboxylic acids is 2. The molecule has 0 radical (unpaired) electrons. The van der Waals surface area contributed by atoms with Gasteiger partial charge in [0, 0.05) is 25.0 Å². The Morgan fingerprint density at radius 1 is 0.824 bits per heavy atom. The zero-order valence-corrected chi connectivity index (χ0v) is 31.7. The average molecular weight is 734 g/mol. The molecular weight excluding hydrogens is 673 g/mol. The molecule has 0 saturated heterocycles. The van der Waals surface area contributed by atoms with Crippen LogP contribution in [0.2, 0.25) is 0 Å². The number of thiazole rings is 1. The van der Waals surface area contributed by atoms with Gasteiger partial charge in [-0.05, 0) is 36.5 Å². The van der Waals surface area contributed by atoms with E-state index in [0.29, 0.717) is 18.7 Å². The van der Waals surface area contributed by atoms with Gasteiger partial charge in [0.05, 0.1) is 12.0 Å². The van der Waals surface area contributed by atoms with E-state index in [-0.39, 0.29) is 38.3 Å². The lowest BCUT2D eigenvalue weighted by molar-refractivity contribution is -0.718. The highest BCUT2D eigenvalue weighted by atomic mass is 32.1. The highest BCUT2D eigenvalue weighted by molar-refractivity contribution is 7.07. The van der Waals surface area contributed by atoms with Crippen LogP contribution in [0.1, 0.15) is 141 Å². The Kier molecular flexibility index (Phi) is 21.7. The third kappa shape index (κ3) is 18.0. The van der Waals surface area contributed by atoms with Crippen LogP contribution in [0.25, 0.3) is 0 Å². The van der Waals surface area contributed by atoms with Crippen LogP contribution < -0.4 is 19.8 Å². The zero-order chi connectivity index (χ0) is 36.4. The number of unbranched alkanes of at least 4 members (excludes halogenated alkanes) is 14. The molecule has 3 rings (SSSR count). The number of hydrogen-bond acceptors (Lipinski definition) is 12. The van der Waals surface area contributed by atoms with Gasteiger partial charge in [-0.2, -0.15) is 4.57 Å². The zero-order valence-electron chi connectivity index (χ0n) is 30.8. The van der Waals surface area contributed by atoms with E-state index in [4.69, 9.17) is 33.7 Å². The van der Waals surface area contributed by atoms with Gasteiger partial charge in [-0.15, -0.1) is 0 Å². The largest absolute Gasteiger partial charge is 0.471 e. The number of esters is 2. The standard InChI is InChI=1S/C38H61N4O8S/c1-3-5-6-7-8-9-10-11-12-13-14-15-16-17-20-31-27-36(41-50-31)46-28-32(49-35-23-25-48-40-35)29-47-38(44)33(37(43)45-4-2)21-18-19-22-34(39)42-24-26-51-30-42/h23-27,30,32-34H,3-22,28-29,39H2,1-2H3/q+1. The number of ether oxygens (including phenoxy) is 4. The first-order valence-electron chi connectivity index (χ1n) is 19.2. The molecule has 3 aromatic heterocycles. The van der Waals surface area contributed by atoms with Gasteiger partial charge in [-0.3, -0.25) is 15.3 Å². The van der Waals surface area contributed by atoms with Gasteiger partial charge >= 0.3 is 11.9 Å². The van der Waals surface area contributed by atoms with Gasteiger partial charge in [-0.25, -0.2) is 0 Å². The topological polar surface area (TPSA) is 153 Å². The maximum absolute atomic E-state index is 13.1. The third-order valence-corrected chi connectivity index (χ3v) is 9.46. The molecule has 0 amide bonds. The summed E-state index contributed by atoms with van der Waals surface area (Å²) in [4.78, 5) is 25.8. The van der Waals surface area contributed by atoms with E-state index < -0.39 is 24.0 Å². The Labute approximate surface area is 307 Å². The maximum Gasteiger partial charge on any atom is 0.320 e. The Morgan fingerprint density at radius 3 is 2.12 bits per heavy atom. The molecule has 13 heteroatoms. The molecule has 0 saturated carbocycles. The smallest absolute Gasteiger partial charge is 0.320 e. The van der Waals surface area contributed by atoms with Gasteiger partial charge in [0.15, 0.2) is 18.2 Å². The quantitative estimate of drug-likeness (QED) is 0.0294. The van der Waals surface area contributed by atoms with Gasteiger partial charge in [0.25, 0.3) is 11.8 Å². The summed E-state index contributed by atoms with van der Waals surface area (Å²) in [6.45, 7) is 3.93. The van der Waals surface area contributed by atoms with E-state index in [1.54, 1.807) is 30.4 Å². The molecule has 3 atom stereocenters. The van der Waals surface area contributed by atoms with Crippen molar-refractivity contribution in [3.8, 4) is 11.8 Å². The van der Waals surface area contributed by atoms with Crippen LogP contribution >= 0.6 is 11.3 Å². The van der Waals surface area contributed by atoms with E-state index in [1.165, 1.54) is 83.3 Å². The van der Waals surface area contributed by atoms with Crippen LogP contribution in [0, 0.1) is 5.92 Å². The summed E-state index contributed by atoms with van der Waals surface area (Å²) in [6, 6.07) is 3.32. The van der Waals surface area contributed by atoms with Crippen molar-refractivity contribution in [2.24, 2.45) is 11.7 Å². The van der Waals surface area contributed by atoms with E-state index in [2.05, 4.69) is 17.2 Å².